The molecule has 0 aliphatic carbocycles. The van der Waals surface area contributed by atoms with Crippen molar-refractivity contribution in [2.45, 2.75) is 19.0 Å². The predicted octanol–water partition coefficient (Wildman–Crippen LogP) is 4.03. The zero-order valence-corrected chi connectivity index (χ0v) is 14.0. The number of hydrogen-bond donors (Lipinski definition) is 0. The molecule has 1 aromatic heterocycles. The van der Waals surface area contributed by atoms with Gasteiger partial charge in [0.1, 0.15) is 0 Å². The summed E-state index contributed by atoms with van der Waals surface area (Å²) in [6, 6.07) is 16.3. The molecule has 1 saturated heterocycles. The molecule has 3 heteroatoms. The molecule has 3 rings (SSSR count). The van der Waals surface area contributed by atoms with Gasteiger partial charge in [-0.05, 0) is 23.9 Å². The molecular weight excluding hydrogens is 288 g/mol. The van der Waals surface area contributed by atoms with Crippen molar-refractivity contribution in [3.05, 3.63) is 70.9 Å². The smallest absolute Gasteiger partial charge is 0.0699 e. The molecule has 2 aromatic rings. The van der Waals surface area contributed by atoms with Crippen LogP contribution in [0.1, 0.15) is 23.4 Å². The van der Waals surface area contributed by atoms with Gasteiger partial charge in [-0.1, -0.05) is 42.5 Å². The molecule has 0 radical (unpaired) electrons. The van der Waals surface area contributed by atoms with E-state index in [2.05, 4.69) is 71.1 Å². The van der Waals surface area contributed by atoms with Crippen LogP contribution < -0.4 is 0 Å². The SMILES string of the molecule is C=CCN1CCN(C(c2ccccc2)c2cccs2)C(C)C1. The highest BCUT2D eigenvalue weighted by Gasteiger charge is 2.31. The van der Waals surface area contributed by atoms with Gasteiger partial charge < -0.3 is 0 Å². The molecule has 22 heavy (non-hydrogen) atoms. The van der Waals surface area contributed by atoms with Gasteiger partial charge in [-0.3, -0.25) is 9.80 Å². The van der Waals surface area contributed by atoms with Crippen LogP contribution in [0.2, 0.25) is 0 Å². The largest absolute Gasteiger partial charge is 0.297 e. The van der Waals surface area contributed by atoms with E-state index >= 15 is 0 Å². The maximum absolute atomic E-state index is 3.87. The highest BCUT2D eigenvalue weighted by Crippen LogP contribution is 2.34. The lowest BCUT2D eigenvalue weighted by molar-refractivity contribution is 0.0682. The first-order valence-corrected chi connectivity index (χ1v) is 8.85. The molecular formula is C19H24N2S. The molecule has 0 spiro atoms. The number of thiophene rings is 1. The number of benzene rings is 1. The standard InChI is InChI=1S/C19H24N2S/c1-3-11-20-12-13-21(16(2)15-20)19(18-10-7-14-22-18)17-8-5-4-6-9-17/h3-10,14,16,19H,1,11-13,15H2,2H3. The van der Waals surface area contributed by atoms with Gasteiger partial charge in [0.05, 0.1) is 6.04 Å². The first kappa shape index (κ1) is 15.5. The number of rotatable bonds is 5. The highest BCUT2D eigenvalue weighted by molar-refractivity contribution is 7.10. The molecule has 1 aliphatic rings. The Balaban J connectivity index is 1.86. The third-order valence-electron chi connectivity index (χ3n) is 4.41. The number of piperazine rings is 1. The monoisotopic (exact) mass is 312 g/mol. The Hall–Kier alpha value is -1.42. The Labute approximate surface area is 137 Å². The van der Waals surface area contributed by atoms with E-state index in [-0.39, 0.29) is 0 Å². The van der Waals surface area contributed by atoms with Crippen molar-refractivity contribution < 1.29 is 0 Å². The fourth-order valence-corrected chi connectivity index (χ4v) is 4.25. The molecule has 1 fully saturated rings. The number of nitrogens with zero attached hydrogens (tertiary/aromatic N) is 2. The maximum Gasteiger partial charge on any atom is 0.0699 e. The normalized spacial score (nSPS) is 21.6. The van der Waals surface area contributed by atoms with E-state index in [0.29, 0.717) is 12.1 Å². The third-order valence-corrected chi connectivity index (χ3v) is 5.33. The lowest BCUT2D eigenvalue weighted by Gasteiger charge is -2.43. The van der Waals surface area contributed by atoms with Crippen LogP contribution in [0.25, 0.3) is 0 Å². The van der Waals surface area contributed by atoms with Crippen molar-refractivity contribution in [1.29, 1.82) is 0 Å². The summed E-state index contributed by atoms with van der Waals surface area (Å²) >= 11 is 1.86. The third kappa shape index (κ3) is 3.32. The van der Waals surface area contributed by atoms with Crippen LogP contribution in [0.5, 0.6) is 0 Å². The fourth-order valence-electron chi connectivity index (χ4n) is 3.38. The van der Waals surface area contributed by atoms with Crippen LogP contribution in [-0.2, 0) is 0 Å². The van der Waals surface area contributed by atoms with Gasteiger partial charge in [0.15, 0.2) is 0 Å². The summed E-state index contributed by atoms with van der Waals surface area (Å²) in [4.78, 5) is 6.58. The van der Waals surface area contributed by atoms with Gasteiger partial charge in [0.25, 0.3) is 0 Å². The molecule has 0 saturated carbocycles. The second-order valence-corrected chi connectivity index (χ2v) is 6.94. The van der Waals surface area contributed by atoms with Crippen LogP contribution >= 0.6 is 11.3 Å². The quantitative estimate of drug-likeness (QED) is 0.769. The highest BCUT2D eigenvalue weighted by atomic mass is 32.1. The van der Waals surface area contributed by atoms with E-state index < -0.39 is 0 Å². The molecule has 1 aromatic carbocycles. The van der Waals surface area contributed by atoms with Crippen molar-refractivity contribution in [3.8, 4) is 0 Å². The summed E-state index contributed by atoms with van der Waals surface area (Å²) in [5.41, 5.74) is 1.40. The zero-order valence-electron chi connectivity index (χ0n) is 13.2. The average Bonchev–Trinajstić information content (AvgIpc) is 3.05. The van der Waals surface area contributed by atoms with Crippen LogP contribution in [0.15, 0.2) is 60.5 Å². The van der Waals surface area contributed by atoms with Crippen LogP contribution in [0.4, 0.5) is 0 Å². The molecule has 0 N–H and O–H groups in total. The predicted molar refractivity (Wildman–Crippen MR) is 95.4 cm³/mol. The van der Waals surface area contributed by atoms with Gasteiger partial charge in [0, 0.05) is 37.1 Å². The summed E-state index contributed by atoms with van der Waals surface area (Å²) in [6.07, 6.45) is 2.01. The Kier molecular flexibility index (Phi) is 5.08. The first-order valence-electron chi connectivity index (χ1n) is 7.97. The Morgan fingerprint density at radius 1 is 1.23 bits per heavy atom. The lowest BCUT2D eigenvalue weighted by Crippen LogP contribution is -2.52. The van der Waals surface area contributed by atoms with Crippen LogP contribution in [0, 0.1) is 0 Å². The summed E-state index contributed by atoms with van der Waals surface area (Å²) in [7, 11) is 0. The van der Waals surface area contributed by atoms with Crippen molar-refractivity contribution in [2.75, 3.05) is 26.2 Å². The minimum Gasteiger partial charge on any atom is -0.297 e. The van der Waals surface area contributed by atoms with Crippen molar-refractivity contribution in [1.82, 2.24) is 9.80 Å². The Morgan fingerprint density at radius 3 is 2.68 bits per heavy atom. The van der Waals surface area contributed by atoms with Gasteiger partial charge in [0.2, 0.25) is 0 Å². The molecule has 1 aliphatic heterocycles. The maximum atomic E-state index is 3.87. The van der Waals surface area contributed by atoms with Gasteiger partial charge >= 0.3 is 0 Å². The molecule has 2 unspecified atom stereocenters. The summed E-state index contributed by atoms with van der Waals surface area (Å²) in [5.74, 6) is 0. The van der Waals surface area contributed by atoms with E-state index in [1.165, 1.54) is 10.4 Å². The van der Waals surface area contributed by atoms with Gasteiger partial charge in [-0.25, -0.2) is 0 Å². The molecule has 2 nitrogen and oxygen atoms in total. The lowest BCUT2D eigenvalue weighted by atomic mass is 10.0. The van der Waals surface area contributed by atoms with E-state index in [1.807, 2.05) is 17.4 Å². The van der Waals surface area contributed by atoms with Crippen LogP contribution in [0.3, 0.4) is 0 Å². The molecule has 2 atom stereocenters. The van der Waals surface area contributed by atoms with E-state index in [9.17, 15) is 0 Å². The average molecular weight is 312 g/mol. The fraction of sp³-hybridized carbons (Fsp3) is 0.368. The second-order valence-electron chi connectivity index (χ2n) is 5.96. The van der Waals surface area contributed by atoms with Gasteiger partial charge in [-0.2, -0.15) is 0 Å². The Morgan fingerprint density at radius 2 is 2.05 bits per heavy atom. The van der Waals surface area contributed by atoms with Crippen molar-refractivity contribution in [3.63, 3.8) is 0 Å². The van der Waals surface area contributed by atoms with Crippen molar-refractivity contribution in [2.24, 2.45) is 0 Å². The van der Waals surface area contributed by atoms with Crippen LogP contribution in [-0.4, -0.2) is 42.0 Å². The number of hydrogen-bond acceptors (Lipinski definition) is 3. The van der Waals surface area contributed by atoms with E-state index in [0.717, 1.165) is 26.2 Å². The molecule has 116 valence electrons. The molecule has 0 bridgehead atoms. The van der Waals surface area contributed by atoms with Crippen molar-refractivity contribution >= 4 is 11.3 Å². The summed E-state index contributed by atoms with van der Waals surface area (Å²) < 4.78 is 0. The zero-order chi connectivity index (χ0) is 15.4. The van der Waals surface area contributed by atoms with E-state index in [4.69, 9.17) is 0 Å². The topological polar surface area (TPSA) is 6.48 Å². The summed E-state index contributed by atoms with van der Waals surface area (Å²) in [6.45, 7) is 10.5. The van der Waals surface area contributed by atoms with Gasteiger partial charge in [-0.15, -0.1) is 17.9 Å². The second kappa shape index (κ2) is 7.23. The Bertz CT molecular complexity index is 579. The van der Waals surface area contributed by atoms with E-state index in [1.54, 1.807) is 0 Å². The molecule has 0 amide bonds. The summed E-state index contributed by atoms with van der Waals surface area (Å²) in [5, 5.41) is 2.18. The first-order chi connectivity index (χ1) is 10.8. The molecule has 2 heterocycles. The minimum atomic E-state index is 0.377. The minimum absolute atomic E-state index is 0.377.